The van der Waals surface area contributed by atoms with Crippen LogP contribution in [0.3, 0.4) is 0 Å². The Morgan fingerprint density at radius 1 is 0.608 bits per heavy atom. The number of aliphatic hydroxyl groups is 1. The smallest absolute Gasteiger partial charge is 0.407 e. The molecule has 0 saturated carbocycles. The summed E-state index contributed by atoms with van der Waals surface area (Å²) < 4.78 is 116. The molecule has 3 aliphatic heterocycles. The van der Waals surface area contributed by atoms with Crippen LogP contribution in [0.5, 0.6) is 0 Å². The molecule has 2 aromatic carbocycles. The molecule has 0 bridgehead atoms. The molecule has 10 N–H and O–H groups in total. The Labute approximate surface area is 754 Å². The van der Waals surface area contributed by atoms with Crippen molar-refractivity contribution in [2.45, 2.75) is 136 Å². The van der Waals surface area contributed by atoms with Crippen molar-refractivity contribution in [1.82, 2.24) is 46.4 Å². The number of amides is 10. The molecule has 130 heavy (non-hydrogen) atoms. The van der Waals surface area contributed by atoms with Crippen LogP contribution < -0.4 is 48.5 Å². The van der Waals surface area contributed by atoms with Crippen LogP contribution in [0.1, 0.15) is 118 Å². The van der Waals surface area contributed by atoms with Crippen LogP contribution in [0, 0.1) is 24.6 Å². The molecule has 2 aromatic heterocycles. The van der Waals surface area contributed by atoms with Gasteiger partial charge in [0.1, 0.15) is 43.7 Å². The minimum absolute atomic E-state index is 0.0207. The standard InChI is InChI=1S/C88H130FN11O30/c1-7-88(112)66-52-72-79-64(54-99(72)84(108)65(66)57-129-85(88)109)77-68(15-14-63-60(5)67(89)53-71(95-79)76(63)77)97-87(111)130-56-61-10-12-62(13-11-61)93-80(104)69(9-8-18-92-86(90)110)96-82(106)78(58(2)3)98-81(105)70(94-74(102)55-100-75(103)51-59(4)83(100)107)16-19-91-73(101)17-20-114-23-24-116-27-28-118-31-32-120-35-36-122-39-40-124-43-44-126-47-48-128-50-49-127-46-45-125-42-41-123-38-37-121-34-33-119-30-29-117-26-25-115-22-21-113-6/h10-13,52-53,58-59,68-70,78,112H,7-9,14-51,54-57H2,1-6H3,(H,91,101)(H,93,104)(H,94,102)(H,96,106)(H,97,111)(H,98,105)(H3,90,92,110)/t59?,68-,69?,70-,78-,88-/m0/s1. The number of pyridine rings is 2. The number of carbonyl (C=O) groups excluding carboxylic acids is 10. The largest absolute Gasteiger partial charge is 0.458 e. The molecule has 5 heterocycles. The van der Waals surface area contributed by atoms with Crippen molar-refractivity contribution in [3.63, 3.8) is 0 Å². The highest BCUT2D eigenvalue weighted by atomic mass is 19.1. The summed E-state index contributed by atoms with van der Waals surface area (Å²) in [6.07, 6.45) is -0.475. The monoisotopic (exact) mass is 1840 g/mol. The highest BCUT2D eigenvalue weighted by Gasteiger charge is 2.47. The lowest BCUT2D eigenvalue weighted by Crippen LogP contribution is -2.58. The first-order valence-electron chi connectivity index (χ1n) is 44.3. The summed E-state index contributed by atoms with van der Waals surface area (Å²) in [5, 5.41) is 30.9. The molecular weight excluding hydrogens is 1710 g/mol. The summed E-state index contributed by atoms with van der Waals surface area (Å²) in [4.78, 5) is 153. The van der Waals surface area contributed by atoms with Crippen LogP contribution in [0.4, 0.5) is 19.7 Å². The number of rotatable bonds is 69. The second kappa shape index (κ2) is 58.4. The highest BCUT2D eigenvalue weighted by Crippen LogP contribution is 2.46. The summed E-state index contributed by atoms with van der Waals surface area (Å²) >= 11 is 0. The van der Waals surface area contributed by atoms with E-state index < -0.39 is 119 Å². The number of primary amides is 1. The van der Waals surface area contributed by atoms with Gasteiger partial charge >= 0.3 is 18.1 Å². The van der Waals surface area contributed by atoms with E-state index in [2.05, 4.69) is 37.2 Å². The van der Waals surface area contributed by atoms with Crippen LogP contribution in [-0.2, 0) is 155 Å². The molecular formula is C88H130FN11O30. The van der Waals surface area contributed by atoms with Crippen LogP contribution in [0.25, 0.3) is 22.3 Å². The Bertz CT molecular complexity index is 4320. The number of imide groups is 1. The normalized spacial score (nSPS) is 16.3. The van der Waals surface area contributed by atoms with Gasteiger partial charge in [0.2, 0.25) is 41.4 Å². The van der Waals surface area contributed by atoms with Gasteiger partial charge in [0.25, 0.3) is 5.56 Å². The number of methoxy groups -OCH3 is 1. The van der Waals surface area contributed by atoms with E-state index >= 15 is 4.39 Å². The van der Waals surface area contributed by atoms with Gasteiger partial charge in [0.05, 0.1) is 240 Å². The van der Waals surface area contributed by atoms with Gasteiger partial charge < -0.3 is 138 Å². The number of alkyl carbamates (subject to hydrolysis) is 1. The third-order valence-corrected chi connectivity index (χ3v) is 21.4. The van der Waals surface area contributed by atoms with Gasteiger partial charge in [-0.25, -0.2) is 23.8 Å². The number of anilines is 1. The molecule has 8 rings (SSSR count). The molecule has 42 heteroatoms. The van der Waals surface area contributed by atoms with Crippen molar-refractivity contribution in [3.8, 4) is 11.4 Å². The fraction of sp³-hybridized carbons (Fsp3) is 0.659. The van der Waals surface area contributed by atoms with E-state index in [0.29, 0.717) is 236 Å². The number of hydrogen-bond donors (Lipinski definition) is 9. The fourth-order valence-electron chi connectivity index (χ4n) is 14.4. The molecule has 1 fully saturated rings. The lowest BCUT2D eigenvalue weighted by Gasteiger charge is -2.31. The molecule has 4 aromatic rings. The van der Waals surface area contributed by atoms with Crippen molar-refractivity contribution in [2.24, 2.45) is 17.6 Å². The summed E-state index contributed by atoms with van der Waals surface area (Å²) in [7, 11) is 1.63. The first kappa shape index (κ1) is 106. The van der Waals surface area contributed by atoms with Gasteiger partial charge in [-0.3, -0.25) is 43.3 Å². The molecule has 4 aliphatic rings. The number of nitrogens with one attached hydrogen (secondary N) is 7. The number of halogens is 1. The number of nitrogens with zero attached hydrogens (tertiary/aromatic N) is 3. The molecule has 10 amide bonds. The Kier molecular flexibility index (Phi) is 47.6. The number of aromatic nitrogens is 2. The van der Waals surface area contributed by atoms with Crippen molar-refractivity contribution < 1.29 is 143 Å². The number of hydrogen-bond acceptors (Lipinski definition) is 31. The number of nitrogens with two attached hydrogens (primary N) is 1. The number of fused-ring (bicyclic) bond motifs is 5. The average Bonchev–Trinajstić information content (AvgIpc) is 1.53. The van der Waals surface area contributed by atoms with E-state index in [9.17, 15) is 57.8 Å². The predicted octanol–water partition coefficient (Wildman–Crippen LogP) is 2.13. The lowest BCUT2D eigenvalue weighted by atomic mass is 9.81. The quantitative estimate of drug-likeness (QED) is 0.0153. The number of ether oxygens (including phenoxy) is 18. The van der Waals surface area contributed by atoms with Crippen LogP contribution in [0.15, 0.2) is 41.2 Å². The SMILES string of the molecule is CC[C@@]1(O)C(=O)OCc2c1cc1n(c2=O)Cc2c-1nc1cc(F)c(C)c3c1c2[C@@H](NC(=O)OCc1ccc(NC(=O)C(CCCNC(N)=O)NC(=O)[C@@H](NC(=O)[C@H](CCNC(=O)CCOCCOCCOCCOCCOCCOCCOCCOCCOCCOCCOCCOCCOCCOCCOCCOC)NC(=O)CN2C(=O)CC(C)C2=O)C(C)C)cc1)CC3. The Hall–Kier alpha value is -9.45. The summed E-state index contributed by atoms with van der Waals surface area (Å²) in [6.45, 7) is 19.5. The number of esters is 1. The lowest BCUT2D eigenvalue weighted by molar-refractivity contribution is -0.172. The van der Waals surface area contributed by atoms with E-state index in [4.69, 9.17) is 96.0 Å². The number of urea groups is 1. The predicted molar refractivity (Wildman–Crippen MR) is 463 cm³/mol. The maximum absolute atomic E-state index is 15.6. The highest BCUT2D eigenvalue weighted by molar-refractivity contribution is 6.06. The zero-order chi connectivity index (χ0) is 93.4. The summed E-state index contributed by atoms with van der Waals surface area (Å²) in [5.74, 6) is -7.51. The Morgan fingerprint density at radius 2 is 1.11 bits per heavy atom. The van der Waals surface area contributed by atoms with Gasteiger partial charge in [-0.1, -0.05) is 39.8 Å². The van der Waals surface area contributed by atoms with Gasteiger partial charge in [-0.2, -0.15) is 0 Å². The minimum atomic E-state index is -2.08. The van der Waals surface area contributed by atoms with E-state index in [1.54, 1.807) is 59.9 Å². The molecule has 0 radical (unpaired) electrons. The minimum Gasteiger partial charge on any atom is -0.458 e. The van der Waals surface area contributed by atoms with Gasteiger partial charge in [0, 0.05) is 67.2 Å². The Balaban J connectivity index is 0.664. The first-order chi connectivity index (χ1) is 62.9. The number of carbonyl (C=O) groups is 10. The second-order valence-electron chi connectivity index (χ2n) is 31.1. The van der Waals surface area contributed by atoms with Crippen molar-refractivity contribution in [3.05, 3.63) is 91.5 Å². The average molecular weight is 1840 g/mol. The molecule has 1 aliphatic carbocycles. The van der Waals surface area contributed by atoms with E-state index in [1.807, 2.05) is 0 Å². The van der Waals surface area contributed by atoms with Crippen LogP contribution in [0.2, 0.25) is 0 Å². The molecule has 2 unspecified atom stereocenters. The zero-order valence-corrected chi connectivity index (χ0v) is 75.3. The maximum Gasteiger partial charge on any atom is 0.407 e. The van der Waals surface area contributed by atoms with Gasteiger partial charge in [-0.15, -0.1) is 0 Å². The number of benzene rings is 2. The summed E-state index contributed by atoms with van der Waals surface area (Å²) in [6, 6.07) is 3.55. The molecule has 724 valence electrons. The maximum atomic E-state index is 15.6. The Morgan fingerprint density at radius 3 is 1.58 bits per heavy atom. The van der Waals surface area contributed by atoms with E-state index in [0.717, 1.165) is 4.90 Å². The number of cyclic esters (lactones) is 1. The van der Waals surface area contributed by atoms with E-state index in [1.165, 1.54) is 22.8 Å². The van der Waals surface area contributed by atoms with Crippen molar-refractivity contribution in [1.29, 1.82) is 0 Å². The van der Waals surface area contributed by atoms with Gasteiger partial charge in [-0.05, 0) is 91.8 Å². The molecule has 41 nitrogen and oxygen atoms in total. The van der Waals surface area contributed by atoms with Gasteiger partial charge in [0.15, 0.2) is 5.60 Å². The van der Waals surface area contributed by atoms with E-state index in [-0.39, 0.29) is 120 Å². The first-order valence-corrected chi connectivity index (χ1v) is 44.3. The molecule has 1 saturated heterocycles. The molecule has 0 spiro atoms. The fourth-order valence-corrected chi connectivity index (χ4v) is 14.4. The zero-order valence-electron chi connectivity index (χ0n) is 75.3. The third kappa shape index (κ3) is 34.9. The van der Waals surface area contributed by atoms with Crippen molar-refractivity contribution >= 4 is 76.0 Å². The van der Waals surface area contributed by atoms with Crippen LogP contribution >= 0.6 is 0 Å². The number of aryl methyl sites for hydroxylation is 1. The number of likely N-dealkylation sites (tertiary alicyclic amines) is 1. The molecule has 6 atom stereocenters. The third-order valence-electron chi connectivity index (χ3n) is 21.4. The second-order valence-corrected chi connectivity index (χ2v) is 31.1. The van der Waals surface area contributed by atoms with Crippen molar-refractivity contribution in [2.75, 3.05) is 237 Å². The van der Waals surface area contributed by atoms with Crippen LogP contribution in [-0.4, -0.2) is 329 Å². The summed E-state index contributed by atoms with van der Waals surface area (Å²) in [5.41, 5.74) is 7.02. The topological polar surface area (TPSA) is 505 Å².